The van der Waals surface area contributed by atoms with Gasteiger partial charge in [-0.3, -0.25) is 14.4 Å². The quantitative estimate of drug-likeness (QED) is 0.449. The number of nitrogens with zero attached hydrogens (tertiary/aromatic N) is 1. The zero-order chi connectivity index (χ0) is 20.1. The normalized spacial score (nSPS) is 26.7. The first-order valence-electron chi connectivity index (χ1n) is 8.06. The van der Waals surface area contributed by atoms with E-state index in [9.17, 15) is 29.4 Å². The minimum atomic E-state index is -1.49. The highest BCUT2D eigenvalue weighted by Gasteiger charge is 2.64. The lowest BCUT2D eigenvalue weighted by atomic mass is 9.94. The molecule has 2 aliphatic heterocycles. The minimum Gasteiger partial charge on any atom is -0.480 e. The van der Waals surface area contributed by atoms with E-state index in [1.165, 1.54) is 22.7 Å². The van der Waals surface area contributed by atoms with Gasteiger partial charge in [0.1, 0.15) is 17.5 Å². The Morgan fingerprint density at radius 3 is 2.44 bits per heavy atom. The van der Waals surface area contributed by atoms with Crippen LogP contribution in [0.3, 0.4) is 0 Å². The van der Waals surface area contributed by atoms with Crippen molar-refractivity contribution in [3.05, 3.63) is 34.3 Å². The van der Waals surface area contributed by atoms with Gasteiger partial charge in [0.05, 0.1) is 0 Å². The Morgan fingerprint density at radius 2 is 1.89 bits per heavy atom. The molecule has 0 bridgehead atoms. The second kappa shape index (κ2) is 6.83. The molecule has 3 N–H and O–H groups in total. The molecule has 144 valence electrons. The van der Waals surface area contributed by atoms with Gasteiger partial charge in [0.2, 0.25) is 11.8 Å². The van der Waals surface area contributed by atoms with E-state index in [2.05, 4.69) is 21.2 Å². The number of hydrogen-bond acceptors (Lipinski definition) is 5. The van der Waals surface area contributed by atoms with Crippen LogP contribution >= 0.6 is 27.7 Å². The third-order valence-electron chi connectivity index (χ3n) is 4.70. The maximum absolute atomic E-state index is 12.6. The lowest BCUT2D eigenvalue weighted by Crippen LogP contribution is -2.71. The number of hydrogen-bond donors (Lipinski definition) is 3. The highest BCUT2D eigenvalue weighted by molar-refractivity contribution is 9.10. The summed E-state index contributed by atoms with van der Waals surface area (Å²) in [6, 6.07) is 4.52. The summed E-state index contributed by atoms with van der Waals surface area (Å²) in [6.07, 6.45) is 0. The molecule has 0 spiro atoms. The largest absolute Gasteiger partial charge is 0.480 e. The van der Waals surface area contributed by atoms with Crippen LogP contribution in [0.4, 0.5) is 0 Å². The Morgan fingerprint density at radius 1 is 1.26 bits per heavy atom. The summed E-state index contributed by atoms with van der Waals surface area (Å²) >= 11 is 4.52. The van der Waals surface area contributed by atoms with Crippen LogP contribution in [0.25, 0.3) is 0 Å². The molecule has 1 aromatic rings. The number of carbonyl (C=O) groups excluding carboxylic acids is 2. The van der Waals surface area contributed by atoms with Crippen LogP contribution in [0, 0.1) is 0 Å². The van der Waals surface area contributed by atoms with Gasteiger partial charge in [0.15, 0.2) is 5.92 Å². The average molecular weight is 457 g/mol. The number of aliphatic carboxylic acids is 2. The standard InChI is InChI=1S/C17H17BrN2O6S/c1-17(2)11(16(25)26)20-13(22)10(14(20)27-17)19-12(21)9(15(23)24)7-5-3-4-6-8(7)18/h3-6,9-11,14H,1-2H3,(H,19,21)(H,23,24)(H,25,26)/t9-,10-,11+,14-/m1/s1. The Kier molecular flexibility index (Phi) is 4.98. The number of fused-ring (bicyclic) bond motifs is 1. The number of amides is 2. The molecule has 0 unspecified atom stereocenters. The summed E-state index contributed by atoms with van der Waals surface area (Å²) in [6.45, 7) is 3.45. The Bertz CT molecular complexity index is 844. The fraction of sp³-hybridized carbons (Fsp3) is 0.412. The maximum Gasteiger partial charge on any atom is 0.327 e. The van der Waals surface area contributed by atoms with Crippen LogP contribution in [0.15, 0.2) is 28.7 Å². The molecular weight excluding hydrogens is 440 g/mol. The minimum absolute atomic E-state index is 0.272. The van der Waals surface area contributed by atoms with Crippen molar-refractivity contribution in [2.24, 2.45) is 0 Å². The second-order valence-corrected chi connectivity index (χ2v) is 9.50. The van der Waals surface area contributed by atoms with E-state index in [0.29, 0.717) is 4.47 Å². The average Bonchev–Trinajstić information content (AvgIpc) is 2.82. The van der Waals surface area contributed by atoms with Gasteiger partial charge in [-0.1, -0.05) is 34.1 Å². The molecule has 1 aromatic carbocycles. The predicted molar refractivity (Wildman–Crippen MR) is 100 cm³/mol. The smallest absolute Gasteiger partial charge is 0.327 e. The number of carbonyl (C=O) groups is 4. The van der Waals surface area contributed by atoms with E-state index >= 15 is 0 Å². The first-order valence-corrected chi connectivity index (χ1v) is 9.74. The van der Waals surface area contributed by atoms with E-state index in [1.807, 2.05) is 0 Å². The van der Waals surface area contributed by atoms with E-state index in [0.717, 1.165) is 0 Å². The molecule has 2 heterocycles. The van der Waals surface area contributed by atoms with Gasteiger partial charge in [-0.05, 0) is 25.5 Å². The molecule has 2 saturated heterocycles. The number of thioether (sulfide) groups is 1. The van der Waals surface area contributed by atoms with E-state index in [1.54, 1.807) is 32.0 Å². The predicted octanol–water partition coefficient (Wildman–Crippen LogP) is 1.25. The molecule has 0 aromatic heterocycles. The summed E-state index contributed by atoms with van der Waals surface area (Å²) < 4.78 is -0.253. The molecule has 2 fully saturated rings. The fourth-order valence-electron chi connectivity index (χ4n) is 3.48. The molecule has 0 saturated carbocycles. The van der Waals surface area contributed by atoms with Gasteiger partial charge in [0, 0.05) is 9.22 Å². The van der Waals surface area contributed by atoms with Crippen molar-refractivity contribution < 1.29 is 29.4 Å². The van der Waals surface area contributed by atoms with Gasteiger partial charge in [0.25, 0.3) is 0 Å². The first-order chi connectivity index (χ1) is 12.6. The molecule has 10 heteroatoms. The molecule has 8 nitrogen and oxygen atoms in total. The Hall–Kier alpha value is -2.07. The number of nitrogens with one attached hydrogen (secondary N) is 1. The van der Waals surface area contributed by atoms with Crippen LogP contribution in [0.2, 0.25) is 0 Å². The van der Waals surface area contributed by atoms with Crippen molar-refractivity contribution in [1.82, 2.24) is 10.2 Å². The molecule has 2 aliphatic rings. The SMILES string of the molecule is CC1(C)S[C@@H]2[C@H](NC(=O)[C@H](C(=O)O)c3ccccc3Br)C(=O)N2[C@H]1C(=O)O. The van der Waals surface area contributed by atoms with Gasteiger partial charge in [-0.25, -0.2) is 4.79 Å². The Labute approximate surface area is 167 Å². The molecule has 2 amide bonds. The van der Waals surface area contributed by atoms with Gasteiger partial charge in [-0.15, -0.1) is 11.8 Å². The number of carboxylic acids is 2. The van der Waals surface area contributed by atoms with E-state index in [4.69, 9.17) is 0 Å². The molecule has 0 radical (unpaired) electrons. The highest BCUT2D eigenvalue weighted by Crippen LogP contribution is 2.50. The van der Waals surface area contributed by atoms with Crippen molar-refractivity contribution in [1.29, 1.82) is 0 Å². The highest BCUT2D eigenvalue weighted by atomic mass is 79.9. The summed E-state index contributed by atoms with van der Waals surface area (Å²) in [5.74, 6) is -5.27. The summed E-state index contributed by atoms with van der Waals surface area (Å²) in [4.78, 5) is 49.5. The zero-order valence-electron chi connectivity index (χ0n) is 14.4. The van der Waals surface area contributed by atoms with Crippen molar-refractivity contribution in [2.45, 2.75) is 42.0 Å². The van der Waals surface area contributed by atoms with Crippen LogP contribution in [-0.2, 0) is 19.2 Å². The number of carboxylic acid groups (broad SMARTS) is 2. The second-order valence-electron chi connectivity index (χ2n) is 6.88. The molecule has 27 heavy (non-hydrogen) atoms. The van der Waals surface area contributed by atoms with Crippen molar-refractivity contribution in [2.75, 3.05) is 0 Å². The van der Waals surface area contributed by atoms with Crippen LogP contribution < -0.4 is 5.32 Å². The van der Waals surface area contributed by atoms with E-state index in [-0.39, 0.29) is 5.56 Å². The van der Waals surface area contributed by atoms with Gasteiger partial charge in [-0.2, -0.15) is 0 Å². The number of halogens is 1. The lowest BCUT2D eigenvalue weighted by molar-refractivity contribution is -0.161. The number of rotatable bonds is 5. The lowest BCUT2D eigenvalue weighted by Gasteiger charge is -2.43. The van der Waals surface area contributed by atoms with E-state index < -0.39 is 51.9 Å². The molecule has 0 aliphatic carbocycles. The van der Waals surface area contributed by atoms with Crippen LogP contribution in [0.5, 0.6) is 0 Å². The molecular formula is C17H17BrN2O6S. The van der Waals surface area contributed by atoms with Crippen LogP contribution in [-0.4, -0.2) is 61.1 Å². The zero-order valence-corrected chi connectivity index (χ0v) is 16.8. The van der Waals surface area contributed by atoms with Crippen molar-refractivity contribution >= 4 is 51.4 Å². The van der Waals surface area contributed by atoms with Crippen LogP contribution in [0.1, 0.15) is 25.3 Å². The van der Waals surface area contributed by atoms with Gasteiger partial charge >= 0.3 is 11.9 Å². The third kappa shape index (κ3) is 3.20. The fourth-order valence-corrected chi connectivity index (χ4v) is 5.62. The van der Waals surface area contributed by atoms with Crippen molar-refractivity contribution in [3.8, 4) is 0 Å². The topological polar surface area (TPSA) is 124 Å². The summed E-state index contributed by atoms with van der Waals surface area (Å²) in [5.41, 5.74) is 0.272. The Balaban J connectivity index is 1.81. The summed E-state index contributed by atoms with van der Waals surface area (Å²) in [5, 5.41) is 20.9. The van der Waals surface area contributed by atoms with Gasteiger partial charge < -0.3 is 20.4 Å². The number of benzene rings is 1. The third-order valence-corrected chi connectivity index (χ3v) is 6.99. The maximum atomic E-state index is 12.6. The van der Waals surface area contributed by atoms with Crippen molar-refractivity contribution in [3.63, 3.8) is 0 Å². The molecule has 3 rings (SSSR count). The first kappa shape index (κ1) is 19.7. The summed E-state index contributed by atoms with van der Waals surface area (Å²) in [7, 11) is 0. The molecule has 4 atom stereocenters. The number of β-lactam (4-membered cyclic amide) rings is 1. The monoisotopic (exact) mass is 456 g/mol.